The number of fused-ring (bicyclic) bond motifs is 1. The first-order valence-corrected chi connectivity index (χ1v) is 10.9. The van der Waals surface area contributed by atoms with Crippen LogP contribution in [0.1, 0.15) is 43.6 Å². The molecule has 2 amide bonds. The van der Waals surface area contributed by atoms with Gasteiger partial charge in [-0.25, -0.2) is 0 Å². The van der Waals surface area contributed by atoms with Gasteiger partial charge in [-0.15, -0.1) is 24.0 Å². The Morgan fingerprint density at radius 2 is 1.97 bits per heavy atom. The lowest BCUT2D eigenvalue weighted by Crippen LogP contribution is -2.41. The van der Waals surface area contributed by atoms with Gasteiger partial charge in [-0.05, 0) is 56.9 Å². The molecule has 0 spiro atoms. The Balaban J connectivity index is 0.00000341. The molecule has 3 rings (SSSR count). The number of primary amides is 1. The van der Waals surface area contributed by atoms with E-state index in [-0.39, 0.29) is 47.6 Å². The van der Waals surface area contributed by atoms with Crippen LogP contribution in [0, 0.1) is 5.92 Å². The van der Waals surface area contributed by atoms with E-state index < -0.39 is 0 Å². The summed E-state index contributed by atoms with van der Waals surface area (Å²) in [5.41, 5.74) is 7.47. The van der Waals surface area contributed by atoms with Gasteiger partial charge in [0.1, 0.15) is 0 Å². The van der Waals surface area contributed by atoms with Crippen molar-refractivity contribution in [2.24, 2.45) is 16.6 Å². The van der Waals surface area contributed by atoms with E-state index in [1.165, 1.54) is 5.56 Å². The number of halogens is 1. The molecule has 0 saturated carbocycles. The third kappa shape index (κ3) is 7.64. The van der Waals surface area contributed by atoms with Crippen LogP contribution in [0.5, 0.6) is 0 Å². The van der Waals surface area contributed by atoms with E-state index in [0.29, 0.717) is 13.0 Å². The van der Waals surface area contributed by atoms with Gasteiger partial charge in [0, 0.05) is 44.1 Å². The number of carbonyl (C=O) groups is 2. The maximum Gasteiger partial charge on any atom is 0.225 e. The number of rotatable bonds is 8. The molecule has 0 aromatic heterocycles. The highest BCUT2D eigenvalue weighted by Crippen LogP contribution is 2.31. The summed E-state index contributed by atoms with van der Waals surface area (Å²) in [4.78, 5) is 29.9. The number of piperidine rings is 1. The van der Waals surface area contributed by atoms with Crippen molar-refractivity contribution >= 4 is 47.4 Å². The molecule has 5 N–H and O–H groups in total. The van der Waals surface area contributed by atoms with Crippen molar-refractivity contribution in [3.8, 4) is 0 Å². The number of amides is 2. The molecule has 2 aliphatic heterocycles. The first-order chi connectivity index (χ1) is 14.6. The van der Waals surface area contributed by atoms with E-state index in [1.54, 1.807) is 7.05 Å². The molecule has 9 heteroatoms. The van der Waals surface area contributed by atoms with Crippen LogP contribution < -0.4 is 21.7 Å². The first-order valence-electron chi connectivity index (χ1n) is 10.9. The number of nitrogens with one attached hydrogen (secondary N) is 3. The zero-order valence-corrected chi connectivity index (χ0v) is 20.6. The second-order valence-electron chi connectivity index (χ2n) is 8.14. The molecule has 1 aromatic carbocycles. The molecule has 2 aliphatic rings. The van der Waals surface area contributed by atoms with Crippen molar-refractivity contribution in [2.75, 3.05) is 45.1 Å². The number of anilines is 1. The lowest BCUT2D eigenvalue weighted by molar-refractivity contribution is -0.123. The normalized spacial score (nSPS) is 19.7. The number of benzene rings is 1. The van der Waals surface area contributed by atoms with Crippen molar-refractivity contribution in [3.63, 3.8) is 0 Å². The van der Waals surface area contributed by atoms with Gasteiger partial charge in [0.15, 0.2) is 5.96 Å². The van der Waals surface area contributed by atoms with Gasteiger partial charge in [-0.2, -0.15) is 0 Å². The van der Waals surface area contributed by atoms with E-state index >= 15 is 0 Å². The van der Waals surface area contributed by atoms with Gasteiger partial charge in [0.2, 0.25) is 11.8 Å². The first kappa shape index (κ1) is 25.4. The van der Waals surface area contributed by atoms with E-state index in [0.717, 1.165) is 63.5 Å². The molecule has 0 radical (unpaired) electrons. The number of nitrogens with zero attached hydrogens (tertiary/aromatic N) is 2. The third-order valence-corrected chi connectivity index (χ3v) is 6.03. The molecular formula is C22H35IN6O2. The summed E-state index contributed by atoms with van der Waals surface area (Å²) in [5, 5.41) is 9.66. The Hall–Kier alpha value is -1.88. The van der Waals surface area contributed by atoms with Crippen LogP contribution in [0.4, 0.5) is 5.69 Å². The van der Waals surface area contributed by atoms with Crippen molar-refractivity contribution < 1.29 is 9.59 Å². The van der Waals surface area contributed by atoms with Crippen molar-refractivity contribution in [2.45, 2.75) is 38.0 Å². The lowest BCUT2D eigenvalue weighted by atomic mass is 9.90. The Morgan fingerprint density at radius 3 is 2.68 bits per heavy atom. The van der Waals surface area contributed by atoms with E-state index in [2.05, 4.69) is 31.9 Å². The third-order valence-electron chi connectivity index (χ3n) is 6.03. The number of hydrogen-bond acceptors (Lipinski definition) is 4. The molecule has 1 fully saturated rings. The number of likely N-dealkylation sites (tertiary alicyclic amines) is 1. The van der Waals surface area contributed by atoms with Crippen LogP contribution in [0.2, 0.25) is 0 Å². The predicted molar refractivity (Wildman–Crippen MR) is 135 cm³/mol. The van der Waals surface area contributed by atoms with Gasteiger partial charge in [-0.1, -0.05) is 18.2 Å². The molecule has 172 valence electrons. The standard InChI is InChI=1S/C22H34N6O2.HI/c1-24-22(25-10-4-5-11-28-12-8-16(9-13-28)21(23)30)26-15-17-14-20(29)27-19-7-3-2-6-18(17)19;/h2-3,6-7,16-17H,4-5,8-15H2,1H3,(H2,23,30)(H,27,29)(H2,24,25,26);1H. The zero-order chi connectivity index (χ0) is 21.3. The SMILES string of the molecule is CN=C(NCCCCN1CCC(C(N)=O)CC1)NCC1CC(=O)Nc2ccccc21.I. The summed E-state index contributed by atoms with van der Waals surface area (Å²) < 4.78 is 0. The number of nitrogens with two attached hydrogens (primary N) is 1. The average Bonchev–Trinajstić information content (AvgIpc) is 2.75. The number of para-hydroxylation sites is 1. The summed E-state index contributed by atoms with van der Waals surface area (Å²) in [7, 11) is 1.76. The smallest absolute Gasteiger partial charge is 0.225 e. The summed E-state index contributed by atoms with van der Waals surface area (Å²) >= 11 is 0. The minimum absolute atomic E-state index is 0. The summed E-state index contributed by atoms with van der Waals surface area (Å²) in [6.45, 7) is 4.48. The Morgan fingerprint density at radius 1 is 1.23 bits per heavy atom. The molecular weight excluding hydrogens is 507 g/mol. The molecule has 0 bridgehead atoms. The number of guanidine groups is 1. The lowest BCUT2D eigenvalue weighted by Gasteiger charge is -2.30. The molecule has 0 aliphatic carbocycles. The topological polar surface area (TPSA) is 112 Å². The molecule has 1 atom stereocenters. The van der Waals surface area contributed by atoms with Crippen LogP contribution >= 0.6 is 24.0 Å². The number of carbonyl (C=O) groups excluding carboxylic acids is 2. The van der Waals surface area contributed by atoms with Gasteiger partial charge in [-0.3, -0.25) is 14.6 Å². The van der Waals surface area contributed by atoms with Crippen LogP contribution in [-0.4, -0.2) is 62.4 Å². The fraction of sp³-hybridized carbons (Fsp3) is 0.591. The second-order valence-corrected chi connectivity index (χ2v) is 8.14. The van der Waals surface area contributed by atoms with Gasteiger partial charge in [0.05, 0.1) is 0 Å². The van der Waals surface area contributed by atoms with Crippen molar-refractivity contribution in [1.29, 1.82) is 0 Å². The molecule has 8 nitrogen and oxygen atoms in total. The van der Waals surface area contributed by atoms with E-state index in [9.17, 15) is 9.59 Å². The van der Waals surface area contributed by atoms with Crippen molar-refractivity contribution in [1.82, 2.24) is 15.5 Å². The molecule has 1 aromatic rings. The Labute approximate surface area is 201 Å². The highest BCUT2D eigenvalue weighted by molar-refractivity contribution is 14.0. The minimum Gasteiger partial charge on any atom is -0.369 e. The van der Waals surface area contributed by atoms with Crippen LogP contribution in [0.25, 0.3) is 0 Å². The second kappa shape index (κ2) is 12.8. The van der Waals surface area contributed by atoms with E-state index in [1.807, 2.05) is 18.2 Å². The maximum atomic E-state index is 12.0. The molecule has 1 unspecified atom stereocenters. The summed E-state index contributed by atoms with van der Waals surface area (Å²) in [5.74, 6) is 0.857. The monoisotopic (exact) mass is 542 g/mol. The molecule has 2 heterocycles. The van der Waals surface area contributed by atoms with Crippen molar-refractivity contribution in [3.05, 3.63) is 29.8 Å². The quantitative estimate of drug-likeness (QED) is 0.174. The van der Waals surface area contributed by atoms with Gasteiger partial charge in [0.25, 0.3) is 0 Å². The highest BCUT2D eigenvalue weighted by atomic mass is 127. The Kier molecular flexibility index (Phi) is 10.5. The zero-order valence-electron chi connectivity index (χ0n) is 18.2. The summed E-state index contributed by atoms with van der Waals surface area (Å²) in [6.07, 6.45) is 4.39. The minimum atomic E-state index is -0.157. The number of unbranched alkanes of at least 4 members (excludes halogenated alkanes) is 1. The van der Waals surface area contributed by atoms with Crippen LogP contribution in [0.3, 0.4) is 0 Å². The largest absolute Gasteiger partial charge is 0.369 e. The number of aliphatic imine (C=N–C) groups is 1. The fourth-order valence-electron chi connectivity index (χ4n) is 4.23. The molecule has 31 heavy (non-hydrogen) atoms. The summed E-state index contributed by atoms with van der Waals surface area (Å²) in [6, 6.07) is 7.97. The maximum absolute atomic E-state index is 12.0. The average molecular weight is 542 g/mol. The van der Waals surface area contributed by atoms with Gasteiger partial charge >= 0.3 is 0 Å². The molecule has 1 saturated heterocycles. The Bertz CT molecular complexity index is 764. The van der Waals surface area contributed by atoms with Crippen LogP contribution in [0.15, 0.2) is 29.3 Å². The fourth-order valence-corrected chi connectivity index (χ4v) is 4.23. The number of hydrogen-bond donors (Lipinski definition) is 4. The van der Waals surface area contributed by atoms with E-state index in [4.69, 9.17) is 5.73 Å². The highest BCUT2D eigenvalue weighted by Gasteiger charge is 2.25. The van der Waals surface area contributed by atoms with Gasteiger partial charge < -0.3 is 26.6 Å². The van der Waals surface area contributed by atoms with Crippen LogP contribution in [-0.2, 0) is 9.59 Å². The predicted octanol–water partition coefficient (Wildman–Crippen LogP) is 1.87.